The highest BCUT2D eigenvalue weighted by atomic mass is 35.5. The second-order valence-electron chi connectivity index (χ2n) is 4.42. The van der Waals surface area contributed by atoms with E-state index in [1.165, 1.54) is 0 Å². The molecule has 2 aliphatic heterocycles. The van der Waals surface area contributed by atoms with Gasteiger partial charge in [-0.3, -0.25) is 4.79 Å². The number of fused-ring (bicyclic) bond motifs is 3. The van der Waals surface area contributed by atoms with Gasteiger partial charge < -0.3 is 10.2 Å². The van der Waals surface area contributed by atoms with Gasteiger partial charge in [-0.2, -0.15) is 4.98 Å². The van der Waals surface area contributed by atoms with E-state index in [4.69, 9.17) is 11.6 Å². The van der Waals surface area contributed by atoms with Gasteiger partial charge in [-0.25, -0.2) is 4.98 Å². The standard InChI is InChI=1S/C11H13ClN4O/c12-11-13-6-7-9(15-11)16-5-3-1-2-4-8(16)10(17)14-7/h6,8H,1-5H2,(H,14,17). The van der Waals surface area contributed by atoms with Crippen molar-refractivity contribution in [2.45, 2.75) is 31.7 Å². The zero-order valence-electron chi connectivity index (χ0n) is 9.32. The first-order chi connectivity index (χ1) is 8.25. The molecule has 6 heteroatoms. The second kappa shape index (κ2) is 4.14. The minimum atomic E-state index is -0.101. The van der Waals surface area contributed by atoms with Crippen LogP contribution in [0, 0.1) is 0 Å². The van der Waals surface area contributed by atoms with Gasteiger partial charge in [-0.05, 0) is 24.4 Å². The van der Waals surface area contributed by atoms with Crippen LogP contribution >= 0.6 is 11.6 Å². The molecule has 1 aromatic heterocycles. The van der Waals surface area contributed by atoms with Crippen molar-refractivity contribution in [3.63, 3.8) is 0 Å². The van der Waals surface area contributed by atoms with Crippen LogP contribution < -0.4 is 10.2 Å². The molecule has 0 bridgehead atoms. The SMILES string of the molecule is O=C1Nc2cnc(Cl)nc2N2CCCCCC12. The predicted molar refractivity (Wildman–Crippen MR) is 65.3 cm³/mol. The molecule has 1 aromatic rings. The first-order valence-corrected chi connectivity index (χ1v) is 6.23. The van der Waals surface area contributed by atoms with Crippen molar-refractivity contribution >= 4 is 29.0 Å². The summed E-state index contributed by atoms with van der Waals surface area (Å²) >= 11 is 5.82. The fourth-order valence-electron chi connectivity index (χ4n) is 2.51. The maximum Gasteiger partial charge on any atom is 0.247 e. The molecule has 0 aromatic carbocycles. The van der Waals surface area contributed by atoms with Gasteiger partial charge in [0.05, 0.1) is 6.20 Å². The van der Waals surface area contributed by atoms with E-state index >= 15 is 0 Å². The van der Waals surface area contributed by atoms with Crippen LogP contribution in [-0.2, 0) is 4.79 Å². The Morgan fingerprint density at radius 3 is 3.18 bits per heavy atom. The van der Waals surface area contributed by atoms with Gasteiger partial charge in [0.15, 0.2) is 5.82 Å². The van der Waals surface area contributed by atoms with Gasteiger partial charge in [0.25, 0.3) is 0 Å². The Morgan fingerprint density at radius 2 is 2.29 bits per heavy atom. The van der Waals surface area contributed by atoms with Gasteiger partial charge in [-0.15, -0.1) is 0 Å². The third kappa shape index (κ3) is 1.84. The van der Waals surface area contributed by atoms with Gasteiger partial charge in [-0.1, -0.05) is 12.8 Å². The topological polar surface area (TPSA) is 58.1 Å². The molecular weight excluding hydrogens is 240 g/mol. The molecule has 1 unspecified atom stereocenters. The summed E-state index contributed by atoms with van der Waals surface area (Å²) < 4.78 is 0. The molecule has 0 aliphatic carbocycles. The van der Waals surface area contributed by atoms with E-state index in [1.54, 1.807) is 6.20 Å². The summed E-state index contributed by atoms with van der Waals surface area (Å²) in [5.41, 5.74) is 0.664. The molecule has 1 saturated heterocycles. The van der Waals surface area contributed by atoms with Crippen LogP contribution in [-0.4, -0.2) is 28.5 Å². The van der Waals surface area contributed by atoms with E-state index in [2.05, 4.69) is 20.2 Å². The monoisotopic (exact) mass is 252 g/mol. The van der Waals surface area contributed by atoms with E-state index in [1.807, 2.05) is 0 Å². The maximum absolute atomic E-state index is 12.0. The highest BCUT2D eigenvalue weighted by Crippen LogP contribution is 2.33. The quantitative estimate of drug-likeness (QED) is 0.716. The number of nitrogens with zero attached hydrogens (tertiary/aromatic N) is 3. The highest BCUT2D eigenvalue weighted by molar-refractivity contribution is 6.28. The average Bonchev–Trinajstić information content (AvgIpc) is 2.56. The number of nitrogens with one attached hydrogen (secondary N) is 1. The molecule has 3 heterocycles. The minimum Gasteiger partial charge on any atom is -0.343 e. The normalized spacial score (nSPS) is 23.5. The molecule has 1 amide bonds. The fourth-order valence-corrected chi connectivity index (χ4v) is 2.64. The van der Waals surface area contributed by atoms with Crippen molar-refractivity contribution < 1.29 is 4.79 Å². The second-order valence-corrected chi connectivity index (χ2v) is 4.76. The van der Waals surface area contributed by atoms with Gasteiger partial charge in [0.1, 0.15) is 11.7 Å². The molecular formula is C11H13ClN4O. The van der Waals surface area contributed by atoms with Crippen LogP contribution in [0.15, 0.2) is 6.20 Å². The Bertz CT molecular complexity index is 465. The van der Waals surface area contributed by atoms with Gasteiger partial charge in [0, 0.05) is 6.54 Å². The first-order valence-electron chi connectivity index (χ1n) is 5.86. The Balaban J connectivity index is 2.05. The van der Waals surface area contributed by atoms with Crippen molar-refractivity contribution in [3.05, 3.63) is 11.5 Å². The Hall–Kier alpha value is -1.36. The van der Waals surface area contributed by atoms with Crippen LogP contribution in [0.5, 0.6) is 0 Å². The number of amides is 1. The Labute approximate surface area is 104 Å². The molecule has 0 radical (unpaired) electrons. The molecule has 1 fully saturated rings. The summed E-state index contributed by atoms with van der Waals surface area (Å²) in [6.07, 6.45) is 5.79. The van der Waals surface area contributed by atoms with E-state index in [0.29, 0.717) is 5.69 Å². The lowest BCUT2D eigenvalue weighted by Gasteiger charge is -2.35. The number of aromatic nitrogens is 2. The molecule has 3 rings (SSSR count). The lowest BCUT2D eigenvalue weighted by Crippen LogP contribution is -2.48. The number of halogens is 1. The summed E-state index contributed by atoms with van der Waals surface area (Å²) in [6.45, 7) is 0.860. The maximum atomic E-state index is 12.0. The van der Waals surface area contributed by atoms with Crippen molar-refractivity contribution in [2.24, 2.45) is 0 Å². The van der Waals surface area contributed by atoms with Crippen LogP contribution in [0.2, 0.25) is 5.28 Å². The Kier molecular flexibility index (Phi) is 2.63. The summed E-state index contributed by atoms with van der Waals surface area (Å²) in [4.78, 5) is 22.2. The number of carbonyl (C=O) groups excluding carboxylic acids is 1. The van der Waals surface area contributed by atoms with E-state index < -0.39 is 0 Å². The third-order valence-corrected chi connectivity index (χ3v) is 3.51. The average molecular weight is 253 g/mol. The number of anilines is 2. The van der Waals surface area contributed by atoms with Crippen molar-refractivity contribution in [1.82, 2.24) is 9.97 Å². The van der Waals surface area contributed by atoms with Crippen molar-refractivity contribution in [2.75, 3.05) is 16.8 Å². The van der Waals surface area contributed by atoms with E-state index in [-0.39, 0.29) is 17.2 Å². The van der Waals surface area contributed by atoms with Crippen LogP contribution in [0.4, 0.5) is 11.5 Å². The smallest absolute Gasteiger partial charge is 0.247 e. The third-order valence-electron chi connectivity index (χ3n) is 3.32. The van der Waals surface area contributed by atoms with Gasteiger partial charge in [0.2, 0.25) is 11.2 Å². The lowest BCUT2D eigenvalue weighted by atomic mass is 10.1. The number of hydrogen-bond donors (Lipinski definition) is 1. The first kappa shape index (κ1) is 10.8. The van der Waals surface area contributed by atoms with E-state index in [0.717, 1.165) is 38.0 Å². The fraction of sp³-hybridized carbons (Fsp3) is 0.545. The van der Waals surface area contributed by atoms with Crippen molar-refractivity contribution in [1.29, 1.82) is 0 Å². The molecule has 90 valence electrons. The lowest BCUT2D eigenvalue weighted by molar-refractivity contribution is -0.117. The summed E-state index contributed by atoms with van der Waals surface area (Å²) in [5, 5.41) is 3.07. The van der Waals surface area contributed by atoms with Gasteiger partial charge >= 0.3 is 0 Å². The molecule has 17 heavy (non-hydrogen) atoms. The minimum absolute atomic E-state index is 0.0466. The molecule has 1 N–H and O–H groups in total. The zero-order chi connectivity index (χ0) is 11.8. The van der Waals surface area contributed by atoms with Crippen LogP contribution in [0.1, 0.15) is 25.7 Å². The van der Waals surface area contributed by atoms with Crippen molar-refractivity contribution in [3.8, 4) is 0 Å². The largest absolute Gasteiger partial charge is 0.343 e. The van der Waals surface area contributed by atoms with Crippen LogP contribution in [0.25, 0.3) is 0 Å². The zero-order valence-corrected chi connectivity index (χ0v) is 10.1. The number of rotatable bonds is 0. The molecule has 1 atom stereocenters. The number of carbonyl (C=O) groups is 1. The molecule has 5 nitrogen and oxygen atoms in total. The van der Waals surface area contributed by atoms with Crippen LogP contribution in [0.3, 0.4) is 0 Å². The summed E-state index contributed by atoms with van der Waals surface area (Å²) in [7, 11) is 0. The molecule has 2 aliphatic rings. The number of hydrogen-bond acceptors (Lipinski definition) is 4. The summed E-state index contributed by atoms with van der Waals surface area (Å²) in [6, 6.07) is -0.101. The predicted octanol–water partition coefficient (Wildman–Crippen LogP) is 1.83. The summed E-state index contributed by atoms with van der Waals surface area (Å²) in [5.74, 6) is 0.807. The molecule has 0 spiro atoms. The highest BCUT2D eigenvalue weighted by Gasteiger charge is 2.34. The molecule has 0 saturated carbocycles. The van der Waals surface area contributed by atoms with E-state index in [9.17, 15) is 4.79 Å². The Morgan fingerprint density at radius 1 is 1.41 bits per heavy atom.